The number of carbonyl (C=O) groups is 1. The van der Waals surface area contributed by atoms with Crippen LogP contribution in [0.1, 0.15) is 12.0 Å². The Morgan fingerprint density at radius 1 is 1.20 bits per heavy atom. The Bertz CT molecular complexity index is 582. The fourth-order valence-corrected chi connectivity index (χ4v) is 1.89. The Balaban J connectivity index is 1.90. The van der Waals surface area contributed by atoms with Crippen LogP contribution in [-0.4, -0.2) is 18.1 Å². The van der Waals surface area contributed by atoms with Gasteiger partial charge in [0, 0.05) is 18.2 Å². The van der Waals surface area contributed by atoms with Gasteiger partial charge in [0.25, 0.3) is 0 Å². The lowest BCUT2D eigenvalue weighted by Crippen LogP contribution is -2.12. The summed E-state index contributed by atoms with van der Waals surface area (Å²) in [5.41, 5.74) is 1.68. The van der Waals surface area contributed by atoms with E-state index in [-0.39, 0.29) is 11.7 Å². The predicted molar refractivity (Wildman–Crippen MR) is 78.1 cm³/mol. The summed E-state index contributed by atoms with van der Waals surface area (Å²) in [4.78, 5) is 11.8. The molecule has 104 valence electrons. The summed E-state index contributed by atoms with van der Waals surface area (Å²) >= 11 is 0. The van der Waals surface area contributed by atoms with Crippen LogP contribution in [0.3, 0.4) is 0 Å². The highest BCUT2D eigenvalue weighted by Crippen LogP contribution is 2.28. The number of anilines is 1. The average molecular weight is 271 g/mol. The quantitative estimate of drug-likeness (QED) is 0.879. The Hall–Kier alpha value is -2.49. The van der Waals surface area contributed by atoms with E-state index in [1.54, 1.807) is 12.1 Å². The summed E-state index contributed by atoms with van der Waals surface area (Å²) in [5, 5.41) is 12.4. The molecule has 2 rings (SSSR count). The van der Waals surface area contributed by atoms with Gasteiger partial charge in [-0.3, -0.25) is 4.79 Å². The second-order valence-electron chi connectivity index (χ2n) is 4.42. The SMILES string of the molecule is COc1ccc(NC(=O)CCc2ccccc2)cc1O. The molecule has 0 fully saturated rings. The van der Waals surface area contributed by atoms with E-state index in [2.05, 4.69) is 5.32 Å². The van der Waals surface area contributed by atoms with Crippen molar-refractivity contribution in [2.45, 2.75) is 12.8 Å². The third-order valence-electron chi connectivity index (χ3n) is 2.95. The van der Waals surface area contributed by atoms with Gasteiger partial charge in [0.2, 0.25) is 5.91 Å². The largest absolute Gasteiger partial charge is 0.504 e. The molecule has 0 spiro atoms. The normalized spacial score (nSPS) is 10.1. The molecule has 0 aliphatic carbocycles. The molecule has 2 aromatic rings. The second-order valence-corrected chi connectivity index (χ2v) is 4.42. The minimum absolute atomic E-state index is 0.00774. The van der Waals surface area contributed by atoms with Gasteiger partial charge in [-0.05, 0) is 24.1 Å². The van der Waals surface area contributed by atoms with Crippen molar-refractivity contribution in [3.8, 4) is 11.5 Å². The molecule has 0 aliphatic rings. The lowest BCUT2D eigenvalue weighted by molar-refractivity contribution is -0.116. The summed E-state index contributed by atoms with van der Waals surface area (Å²) in [7, 11) is 1.48. The van der Waals surface area contributed by atoms with E-state index in [4.69, 9.17) is 4.74 Å². The standard InChI is InChI=1S/C16H17NO3/c1-20-15-9-8-13(11-14(15)18)17-16(19)10-7-12-5-3-2-4-6-12/h2-6,8-9,11,18H,7,10H2,1H3,(H,17,19). The fraction of sp³-hybridized carbons (Fsp3) is 0.188. The van der Waals surface area contributed by atoms with E-state index in [9.17, 15) is 9.90 Å². The number of phenolic OH excluding ortho intramolecular Hbond substituents is 1. The highest BCUT2D eigenvalue weighted by Gasteiger charge is 2.06. The molecule has 0 bridgehead atoms. The molecule has 20 heavy (non-hydrogen) atoms. The van der Waals surface area contributed by atoms with Crippen molar-refractivity contribution in [3.63, 3.8) is 0 Å². The molecule has 0 saturated heterocycles. The van der Waals surface area contributed by atoms with Gasteiger partial charge < -0.3 is 15.2 Å². The Kier molecular flexibility index (Phi) is 4.60. The third-order valence-corrected chi connectivity index (χ3v) is 2.95. The summed E-state index contributed by atoms with van der Waals surface area (Å²) in [5.74, 6) is 0.305. The molecule has 0 aromatic heterocycles. The predicted octanol–water partition coefficient (Wildman–Crippen LogP) is 2.97. The summed E-state index contributed by atoms with van der Waals surface area (Å²) in [6.07, 6.45) is 1.09. The van der Waals surface area contributed by atoms with E-state index >= 15 is 0 Å². The number of ether oxygens (including phenoxy) is 1. The van der Waals surface area contributed by atoms with Gasteiger partial charge >= 0.3 is 0 Å². The topological polar surface area (TPSA) is 58.6 Å². The van der Waals surface area contributed by atoms with Gasteiger partial charge in [-0.2, -0.15) is 0 Å². The molecule has 2 N–H and O–H groups in total. The smallest absolute Gasteiger partial charge is 0.224 e. The third kappa shape index (κ3) is 3.75. The highest BCUT2D eigenvalue weighted by molar-refractivity contribution is 5.91. The van der Waals surface area contributed by atoms with Gasteiger partial charge in [-0.15, -0.1) is 0 Å². The van der Waals surface area contributed by atoms with Gasteiger partial charge in [0.05, 0.1) is 7.11 Å². The van der Waals surface area contributed by atoms with Crippen LogP contribution >= 0.6 is 0 Å². The molecule has 0 radical (unpaired) electrons. The maximum Gasteiger partial charge on any atom is 0.224 e. The number of amides is 1. The van der Waals surface area contributed by atoms with Crippen molar-refractivity contribution in [3.05, 3.63) is 54.1 Å². The number of aryl methyl sites for hydroxylation is 1. The number of hydrogen-bond acceptors (Lipinski definition) is 3. The van der Waals surface area contributed by atoms with Crippen LogP contribution in [0.4, 0.5) is 5.69 Å². The van der Waals surface area contributed by atoms with Crippen molar-refractivity contribution in [2.75, 3.05) is 12.4 Å². The molecule has 0 saturated carbocycles. The number of phenols is 1. The van der Waals surface area contributed by atoms with Crippen LogP contribution in [0.25, 0.3) is 0 Å². The number of hydrogen-bond donors (Lipinski definition) is 2. The van der Waals surface area contributed by atoms with Crippen LogP contribution < -0.4 is 10.1 Å². The van der Waals surface area contributed by atoms with Gasteiger partial charge in [-0.1, -0.05) is 30.3 Å². The molecule has 1 amide bonds. The van der Waals surface area contributed by atoms with Crippen LogP contribution in [0, 0.1) is 0 Å². The summed E-state index contributed by atoms with van der Waals surface area (Å²) in [6.45, 7) is 0. The number of aromatic hydroxyl groups is 1. The number of rotatable bonds is 5. The zero-order valence-corrected chi connectivity index (χ0v) is 11.3. The Morgan fingerprint density at radius 2 is 1.95 bits per heavy atom. The molecule has 0 unspecified atom stereocenters. The van der Waals surface area contributed by atoms with E-state index in [1.165, 1.54) is 13.2 Å². The maximum absolute atomic E-state index is 11.8. The van der Waals surface area contributed by atoms with Gasteiger partial charge in [0.1, 0.15) is 0 Å². The first-order valence-electron chi connectivity index (χ1n) is 6.40. The average Bonchev–Trinajstić information content (AvgIpc) is 2.46. The molecular formula is C16H17NO3. The monoisotopic (exact) mass is 271 g/mol. The first kappa shape index (κ1) is 13.9. The molecule has 2 aromatic carbocycles. The minimum atomic E-state index is -0.0848. The fourth-order valence-electron chi connectivity index (χ4n) is 1.89. The number of carbonyl (C=O) groups excluding carboxylic acids is 1. The van der Waals surface area contributed by atoms with E-state index in [1.807, 2.05) is 30.3 Å². The highest BCUT2D eigenvalue weighted by atomic mass is 16.5. The first-order valence-corrected chi connectivity index (χ1v) is 6.40. The molecule has 0 atom stereocenters. The lowest BCUT2D eigenvalue weighted by Gasteiger charge is -2.08. The van der Waals surface area contributed by atoms with Crippen molar-refractivity contribution in [1.29, 1.82) is 0 Å². The molecule has 0 heterocycles. The van der Waals surface area contributed by atoms with Crippen LogP contribution in [0.15, 0.2) is 48.5 Å². The second kappa shape index (κ2) is 6.61. The maximum atomic E-state index is 11.8. The summed E-state index contributed by atoms with van der Waals surface area (Å²) in [6, 6.07) is 14.6. The first-order chi connectivity index (χ1) is 9.69. The number of nitrogens with one attached hydrogen (secondary N) is 1. The number of benzene rings is 2. The zero-order chi connectivity index (χ0) is 14.4. The summed E-state index contributed by atoms with van der Waals surface area (Å²) < 4.78 is 4.95. The van der Waals surface area contributed by atoms with E-state index in [0.717, 1.165) is 5.56 Å². The van der Waals surface area contributed by atoms with Crippen molar-refractivity contribution in [1.82, 2.24) is 0 Å². The van der Waals surface area contributed by atoms with E-state index < -0.39 is 0 Å². The number of methoxy groups -OCH3 is 1. The zero-order valence-electron chi connectivity index (χ0n) is 11.3. The van der Waals surface area contributed by atoms with Gasteiger partial charge in [-0.25, -0.2) is 0 Å². The Morgan fingerprint density at radius 3 is 2.60 bits per heavy atom. The van der Waals surface area contributed by atoms with Crippen LogP contribution in [0.2, 0.25) is 0 Å². The van der Waals surface area contributed by atoms with Crippen molar-refractivity contribution in [2.24, 2.45) is 0 Å². The van der Waals surface area contributed by atoms with Crippen molar-refractivity contribution < 1.29 is 14.6 Å². The van der Waals surface area contributed by atoms with Crippen LogP contribution in [0.5, 0.6) is 11.5 Å². The van der Waals surface area contributed by atoms with Gasteiger partial charge in [0.15, 0.2) is 11.5 Å². The molecule has 4 heteroatoms. The Labute approximate surface area is 118 Å². The lowest BCUT2D eigenvalue weighted by atomic mass is 10.1. The minimum Gasteiger partial charge on any atom is -0.504 e. The molecule has 0 aliphatic heterocycles. The van der Waals surface area contributed by atoms with Crippen LogP contribution in [-0.2, 0) is 11.2 Å². The molecular weight excluding hydrogens is 254 g/mol. The van der Waals surface area contributed by atoms with Crippen molar-refractivity contribution >= 4 is 11.6 Å². The van der Waals surface area contributed by atoms with E-state index in [0.29, 0.717) is 24.3 Å². The molecule has 4 nitrogen and oxygen atoms in total.